The Hall–Kier alpha value is -3.01. The van der Waals surface area contributed by atoms with E-state index in [2.05, 4.69) is 27.0 Å². The van der Waals surface area contributed by atoms with Crippen molar-refractivity contribution < 1.29 is 9.47 Å². The van der Waals surface area contributed by atoms with Crippen LogP contribution in [-0.2, 0) is 4.74 Å². The van der Waals surface area contributed by atoms with Crippen LogP contribution in [0.1, 0.15) is 6.92 Å². The van der Waals surface area contributed by atoms with E-state index in [4.69, 9.17) is 25.2 Å². The molecule has 0 bridgehead atoms. The molecule has 31 heavy (non-hydrogen) atoms. The molecule has 2 atom stereocenters. The first kappa shape index (κ1) is 18.7. The molecule has 1 aromatic carbocycles. The summed E-state index contributed by atoms with van der Waals surface area (Å²) in [5.74, 6) is 1.63. The van der Waals surface area contributed by atoms with Gasteiger partial charge in [-0.05, 0) is 37.3 Å². The van der Waals surface area contributed by atoms with E-state index in [0.29, 0.717) is 17.8 Å². The molecule has 0 amide bonds. The first-order chi connectivity index (χ1) is 15.1. The molecule has 3 aromatic rings. The minimum atomic E-state index is -0.510. The van der Waals surface area contributed by atoms with Gasteiger partial charge >= 0.3 is 0 Å². The number of ether oxygens (including phenoxy) is 2. The van der Waals surface area contributed by atoms with E-state index in [1.54, 1.807) is 0 Å². The maximum Gasteiger partial charge on any atom is 0.225 e. The molecule has 9 heteroatoms. The van der Waals surface area contributed by atoms with Gasteiger partial charge in [0.05, 0.1) is 30.3 Å². The van der Waals surface area contributed by atoms with Crippen LogP contribution in [0.4, 0.5) is 11.5 Å². The zero-order valence-electron chi connectivity index (χ0n) is 17.4. The molecule has 0 saturated carbocycles. The highest BCUT2D eigenvalue weighted by atomic mass is 16.5. The van der Waals surface area contributed by atoms with Crippen LogP contribution in [0, 0.1) is 0 Å². The summed E-state index contributed by atoms with van der Waals surface area (Å²) in [7, 11) is 0. The number of fused-ring (bicyclic) bond motifs is 2. The molecule has 0 aliphatic carbocycles. The summed E-state index contributed by atoms with van der Waals surface area (Å²) < 4.78 is 11.2. The Morgan fingerprint density at radius 1 is 1.13 bits per heavy atom. The number of anilines is 2. The number of morpholine rings is 1. The van der Waals surface area contributed by atoms with Crippen LogP contribution in [0.15, 0.2) is 36.5 Å². The van der Waals surface area contributed by atoms with Crippen LogP contribution in [0.2, 0.25) is 0 Å². The zero-order valence-corrected chi connectivity index (χ0v) is 17.4. The van der Waals surface area contributed by atoms with Gasteiger partial charge in [0.25, 0.3) is 0 Å². The molecule has 3 N–H and O–H groups in total. The van der Waals surface area contributed by atoms with Gasteiger partial charge in [-0.1, -0.05) is 0 Å². The Morgan fingerprint density at radius 3 is 2.90 bits per heavy atom. The van der Waals surface area contributed by atoms with E-state index < -0.39 is 6.35 Å². The summed E-state index contributed by atoms with van der Waals surface area (Å²) in [6.07, 6.45) is 1.65. The van der Waals surface area contributed by atoms with Crippen molar-refractivity contribution in [2.24, 2.45) is 5.73 Å². The van der Waals surface area contributed by atoms with Gasteiger partial charge in [0.1, 0.15) is 17.1 Å². The van der Waals surface area contributed by atoms with Gasteiger partial charge in [-0.3, -0.25) is 10.6 Å². The summed E-state index contributed by atoms with van der Waals surface area (Å²) >= 11 is 0. The number of rotatable bonds is 3. The van der Waals surface area contributed by atoms with Crippen molar-refractivity contribution in [1.82, 2.24) is 19.9 Å². The van der Waals surface area contributed by atoms with Crippen molar-refractivity contribution in [2.75, 3.05) is 43.0 Å². The molecule has 2 aromatic heterocycles. The number of nitrogens with one attached hydrogen (secondary N) is 1. The third-order valence-corrected chi connectivity index (χ3v) is 6.20. The van der Waals surface area contributed by atoms with Crippen molar-refractivity contribution in [3.05, 3.63) is 36.5 Å². The van der Waals surface area contributed by atoms with Crippen molar-refractivity contribution >= 4 is 22.7 Å². The standard InChI is InChI=1S/C22H25N7O2/c1-13-10-28(6-7-30-13)15-11-29(12-15)20-9-24-17-4-3-16(25-21(17)27-20)14-2-5-19-18(8-14)26-22(23)31-19/h2-5,8-9,13,15,22,26H,6-7,10-12,23H2,1H3. The Kier molecular flexibility index (Phi) is 4.41. The fourth-order valence-corrected chi connectivity index (χ4v) is 4.48. The van der Waals surface area contributed by atoms with Crippen LogP contribution in [0.5, 0.6) is 5.75 Å². The lowest BCUT2D eigenvalue weighted by atomic mass is 10.1. The lowest BCUT2D eigenvalue weighted by Crippen LogP contribution is -2.62. The topological polar surface area (TPSA) is 102 Å². The summed E-state index contributed by atoms with van der Waals surface area (Å²) in [6, 6.07) is 10.4. The Morgan fingerprint density at radius 2 is 2.03 bits per heavy atom. The SMILES string of the molecule is CC1CN(C2CN(c3cnc4ccc(-c5ccc6c(c5)NC(N)O6)nc4n3)C2)CCO1. The molecule has 2 saturated heterocycles. The Labute approximate surface area is 180 Å². The summed E-state index contributed by atoms with van der Waals surface area (Å²) in [5, 5.41) is 3.10. The maximum atomic E-state index is 5.79. The number of pyridine rings is 1. The number of nitrogens with zero attached hydrogens (tertiary/aromatic N) is 5. The monoisotopic (exact) mass is 419 g/mol. The van der Waals surface area contributed by atoms with Crippen LogP contribution in [-0.4, -0.2) is 71.1 Å². The van der Waals surface area contributed by atoms with E-state index in [1.165, 1.54) is 0 Å². The fourth-order valence-electron chi connectivity index (χ4n) is 4.48. The highest BCUT2D eigenvalue weighted by molar-refractivity contribution is 5.78. The predicted molar refractivity (Wildman–Crippen MR) is 118 cm³/mol. The quantitative estimate of drug-likeness (QED) is 0.656. The van der Waals surface area contributed by atoms with Crippen LogP contribution >= 0.6 is 0 Å². The van der Waals surface area contributed by atoms with Gasteiger partial charge in [0.2, 0.25) is 6.35 Å². The molecule has 2 fully saturated rings. The lowest BCUT2D eigenvalue weighted by Gasteiger charge is -2.47. The second kappa shape index (κ2) is 7.30. The van der Waals surface area contributed by atoms with Crippen LogP contribution < -0.4 is 20.7 Å². The minimum absolute atomic E-state index is 0.308. The van der Waals surface area contributed by atoms with E-state index in [-0.39, 0.29) is 0 Å². The van der Waals surface area contributed by atoms with Gasteiger partial charge in [-0.2, -0.15) is 0 Å². The number of aromatic nitrogens is 3. The molecular weight excluding hydrogens is 394 g/mol. The first-order valence-corrected chi connectivity index (χ1v) is 10.7. The van der Waals surface area contributed by atoms with Crippen molar-refractivity contribution in [3.8, 4) is 17.0 Å². The third-order valence-electron chi connectivity index (χ3n) is 6.20. The normalized spacial score (nSPS) is 23.9. The van der Waals surface area contributed by atoms with E-state index in [9.17, 15) is 0 Å². The predicted octanol–water partition coefficient (Wildman–Crippen LogP) is 1.65. The minimum Gasteiger partial charge on any atom is -0.456 e. The smallest absolute Gasteiger partial charge is 0.225 e. The van der Waals surface area contributed by atoms with Gasteiger partial charge in [0.15, 0.2) is 5.65 Å². The summed E-state index contributed by atoms with van der Waals surface area (Å²) in [4.78, 5) is 19.0. The van der Waals surface area contributed by atoms with Gasteiger partial charge in [-0.25, -0.2) is 15.0 Å². The first-order valence-electron chi connectivity index (χ1n) is 10.7. The fraction of sp³-hybridized carbons (Fsp3) is 0.409. The second-order valence-corrected chi connectivity index (χ2v) is 8.40. The average molecular weight is 419 g/mol. The molecule has 0 spiro atoms. The lowest BCUT2D eigenvalue weighted by molar-refractivity contribution is -0.0381. The zero-order chi connectivity index (χ0) is 20.9. The molecular formula is C22H25N7O2. The molecule has 3 aliphatic heterocycles. The number of hydrogen-bond donors (Lipinski definition) is 2. The molecule has 6 rings (SSSR count). The summed E-state index contributed by atoms with van der Waals surface area (Å²) in [5.41, 5.74) is 9.92. The largest absolute Gasteiger partial charge is 0.456 e. The molecule has 5 heterocycles. The highest BCUT2D eigenvalue weighted by Crippen LogP contribution is 2.34. The van der Waals surface area contributed by atoms with E-state index >= 15 is 0 Å². The average Bonchev–Trinajstić information content (AvgIpc) is 3.11. The van der Waals surface area contributed by atoms with Crippen LogP contribution in [0.3, 0.4) is 0 Å². The third kappa shape index (κ3) is 3.44. The summed E-state index contributed by atoms with van der Waals surface area (Å²) in [6.45, 7) is 6.88. The maximum absolute atomic E-state index is 5.79. The van der Waals surface area contributed by atoms with Gasteiger partial charge < -0.3 is 19.7 Å². The van der Waals surface area contributed by atoms with Crippen molar-refractivity contribution in [2.45, 2.75) is 25.4 Å². The molecule has 0 radical (unpaired) electrons. The van der Waals surface area contributed by atoms with Crippen molar-refractivity contribution in [3.63, 3.8) is 0 Å². The number of nitrogens with two attached hydrogens (primary N) is 1. The van der Waals surface area contributed by atoms with E-state index in [0.717, 1.165) is 66.8 Å². The highest BCUT2D eigenvalue weighted by Gasteiger charge is 2.34. The molecule has 160 valence electrons. The molecule has 3 aliphatic rings. The van der Waals surface area contributed by atoms with Crippen molar-refractivity contribution in [1.29, 1.82) is 0 Å². The van der Waals surface area contributed by atoms with E-state index in [1.807, 2.05) is 36.5 Å². The number of hydrogen-bond acceptors (Lipinski definition) is 9. The van der Waals surface area contributed by atoms with Gasteiger partial charge in [-0.15, -0.1) is 0 Å². The van der Waals surface area contributed by atoms with Gasteiger partial charge in [0, 0.05) is 37.8 Å². The molecule has 2 unspecified atom stereocenters. The molecule has 9 nitrogen and oxygen atoms in total. The number of benzene rings is 1. The van der Waals surface area contributed by atoms with Crippen LogP contribution in [0.25, 0.3) is 22.4 Å². The Balaban J connectivity index is 1.22. The Bertz CT molecular complexity index is 1130. The second-order valence-electron chi connectivity index (χ2n) is 8.40.